The summed E-state index contributed by atoms with van der Waals surface area (Å²) in [5, 5.41) is 0.385. The second-order valence-corrected chi connectivity index (χ2v) is 5.10. The molecule has 0 amide bonds. The van der Waals surface area contributed by atoms with E-state index in [9.17, 15) is 4.39 Å². The molecule has 0 unspecified atom stereocenters. The third-order valence-electron chi connectivity index (χ3n) is 2.24. The van der Waals surface area contributed by atoms with E-state index >= 15 is 0 Å². The van der Waals surface area contributed by atoms with E-state index in [1.54, 1.807) is 12.1 Å². The molecule has 88 valence electrons. The zero-order valence-corrected chi connectivity index (χ0v) is 11.7. The summed E-state index contributed by atoms with van der Waals surface area (Å²) >= 11 is 8.10. The Morgan fingerprint density at radius 2 is 1.94 bits per heavy atom. The molecule has 17 heavy (non-hydrogen) atoms. The van der Waals surface area contributed by atoms with E-state index in [2.05, 4.69) is 22.6 Å². The average molecular weight is 363 g/mol. The van der Waals surface area contributed by atoms with Crippen molar-refractivity contribution in [1.82, 2.24) is 0 Å². The van der Waals surface area contributed by atoms with Gasteiger partial charge in [0.2, 0.25) is 0 Å². The van der Waals surface area contributed by atoms with Crippen LogP contribution in [0, 0.1) is 9.39 Å². The summed E-state index contributed by atoms with van der Waals surface area (Å²) in [7, 11) is 0. The van der Waals surface area contributed by atoms with Crippen molar-refractivity contribution < 1.29 is 9.13 Å². The van der Waals surface area contributed by atoms with E-state index in [0.717, 1.165) is 3.57 Å². The standard InChI is InChI=1S/C13H9ClFIO/c14-12-5-2-6-13(15)11(12)8-17-10-4-1-3-9(16)7-10/h1-7H,8H2. The summed E-state index contributed by atoms with van der Waals surface area (Å²) in [4.78, 5) is 0. The van der Waals surface area contributed by atoms with Crippen LogP contribution in [0.25, 0.3) is 0 Å². The van der Waals surface area contributed by atoms with E-state index in [1.165, 1.54) is 6.07 Å². The maximum Gasteiger partial charge on any atom is 0.131 e. The molecular weight excluding hydrogens is 353 g/mol. The van der Waals surface area contributed by atoms with Gasteiger partial charge in [0, 0.05) is 9.13 Å². The molecule has 4 heteroatoms. The van der Waals surface area contributed by atoms with Gasteiger partial charge in [0.15, 0.2) is 0 Å². The summed E-state index contributed by atoms with van der Waals surface area (Å²) in [6.07, 6.45) is 0. The van der Waals surface area contributed by atoms with Crippen LogP contribution in [-0.2, 0) is 6.61 Å². The van der Waals surface area contributed by atoms with Crippen molar-refractivity contribution in [1.29, 1.82) is 0 Å². The summed E-state index contributed by atoms with van der Waals surface area (Å²) in [5.74, 6) is 0.361. The van der Waals surface area contributed by atoms with Gasteiger partial charge in [-0.3, -0.25) is 0 Å². The smallest absolute Gasteiger partial charge is 0.131 e. The van der Waals surface area contributed by atoms with Gasteiger partial charge in [-0.1, -0.05) is 23.7 Å². The molecule has 0 bridgehead atoms. The fourth-order valence-corrected chi connectivity index (χ4v) is 2.11. The molecule has 2 aromatic rings. The largest absolute Gasteiger partial charge is 0.489 e. The van der Waals surface area contributed by atoms with Crippen LogP contribution in [0.3, 0.4) is 0 Å². The molecule has 0 saturated heterocycles. The molecule has 0 aromatic heterocycles. The lowest BCUT2D eigenvalue weighted by atomic mass is 10.2. The minimum absolute atomic E-state index is 0.131. The van der Waals surface area contributed by atoms with Crippen LogP contribution in [0.2, 0.25) is 5.02 Å². The maximum atomic E-state index is 13.5. The van der Waals surface area contributed by atoms with Crippen LogP contribution >= 0.6 is 34.2 Å². The van der Waals surface area contributed by atoms with Gasteiger partial charge < -0.3 is 4.74 Å². The van der Waals surface area contributed by atoms with Crippen LogP contribution in [0.5, 0.6) is 5.75 Å². The molecule has 2 rings (SSSR count). The molecule has 1 nitrogen and oxygen atoms in total. The second-order valence-electron chi connectivity index (χ2n) is 3.45. The Hall–Kier alpha value is -0.810. The first-order valence-corrected chi connectivity index (χ1v) is 6.44. The minimum Gasteiger partial charge on any atom is -0.489 e. The lowest BCUT2D eigenvalue weighted by Crippen LogP contribution is -1.99. The molecule has 0 radical (unpaired) electrons. The minimum atomic E-state index is -0.344. The molecule has 0 aliphatic rings. The summed E-state index contributed by atoms with van der Waals surface area (Å²) < 4.78 is 20.0. The van der Waals surface area contributed by atoms with Crippen molar-refractivity contribution in [3.05, 3.63) is 62.4 Å². The van der Waals surface area contributed by atoms with Gasteiger partial charge in [-0.2, -0.15) is 0 Å². The predicted octanol–water partition coefficient (Wildman–Crippen LogP) is 4.66. The van der Waals surface area contributed by atoms with Crippen LogP contribution in [0.15, 0.2) is 42.5 Å². The number of rotatable bonds is 3. The van der Waals surface area contributed by atoms with E-state index in [0.29, 0.717) is 16.3 Å². The van der Waals surface area contributed by atoms with Crippen molar-refractivity contribution in [2.45, 2.75) is 6.61 Å². The SMILES string of the molecule is Fc1cccc(Cl)c1COc1cccc(I)c1. The third kappa shape index (κ3) is 3.33. The van der Waals surface area contributed by atoms with Gasteiger partial charge in [-0.05, 0) is 52.9 Å². The highest BCUT2D eigenvalue weighted by atomic mass is 127. The van der Waals surface area contributed by atoms with E-state index in [4.69, 9.17) is 16.3 Å². The zero-order valence-electron chi connectivity index (χ0n) is 8.79. The number of hydrogen-bond donors (Lipinski definition) is 0. The Kier molecular flexibility index (Phi) is 4.23. The monoisotopic (exact) mass is 362 g/mol. The first kappa shape index (κ1) is 12.6. The van der Waals surface area contributed by atoms with E-state index in [1.807, 2.05) is 24.3 Å². The predicted molar refractivity (Wildman–Crippen MR) is 74.9 cm³/mol. The van der Waals surface area contributed by atoms with Gasteiger partial charge in [0.25, 0.3) is 0 Å². The van der Waals surface area contributed by atoms with Crippen molar-refractivity contribution in [2.75, 3.05) is 0 Å². The molecule has 2 aromatic carbocycles. The molecule has 0 atom stereocenters. The molecular formula is C13H9ClFIO. The van der Waals surface area contributed by atoms with Crippen LogP contribution in [0.4, 0.5) is 4.39 Å². The fraction of sp³-hybridized carbons (Fsp3) is 0.0769. The second kappa shape index (κ2) is 5.69. The molecule has 0 fully saturated rings. The van der Waals surface area contributed by atoms with Gasteiger partial charge in [-0.25, -0.2) is 4.39 Å². The topological polar surface area (TPSA) is 9.23 Å². The number of ether oxygens (including phenoxy) is 1. The Morgan fingerprint density at radius 1 is 1.18 bits per heavy atom. The number of benzene rings is 2. The van der Waals surface area contributed by atoms with Crippen LogP contribution in [0.1, 0.15) is 5.56 Å². The van der Waals surface area contributed by atoms with Crippen molar-refractivity contribution in [3.63, 3.8) is 0 Å². The van der Waals surface area contributed by atoms with Crippen LogP contribution < -0.4 is 4.74 Å². The highest BCUT2D eigenvalue weighted by Gasteiger charge is 2.07. The average Bonchev–Trinajstić information content (AvgIpc) is 2.28. The Morgan fingerprint density at radius 3 is 2.65 bits per heavy atom. The first-order valence-electron chi connectivity index (χ1n) is 4.98. The Balaban J connectivity index is 2.13. The normalized spacial score (nSPS) is 10.3. The molecule has 0 aliphatic carbocycles. The molecule has 0 saturated carbocycles. The fourth-order valence-electron chi connectivity index (χ4n) is 1.38. The highest BCUT2D eigenvalue weighted by molar-refractivity contribution is 14.1. The summed E-state index contributed by atoms with van der Waals surface area (Å²) in [5.41, 5.74) is 0.382. The van der Waals surface area contributed by atoms with Crippen molar-refractivity contribution >= 4 is 34.2 Å². The van der Waals surface area contributed by atoms with Crippen LogP contribution in [-0.4, -0.2) is 0 Å². The van der Waals surface area contributed by atoms with Gasteiger partial charge >= 0.3 is 0 Å². The van der Waals surface area contributed by atoms with Crippen molar-refractivity contribution in [3.8, 4) is 5.75 Å². The zero-order chi connectivity index (χ0) is 12.3. The lowest BCUT2D eigenvalue weighted by Gasteiger charge is -2.08. The Bertz CT molecular complexity index is 510. The highest BCUT2D eigenvalue weighted by Crippen LogP contribution is 2.22. The van der Waals surface area contributed by atoms with Gasteiger partial charge in [-0.15, -0.1) is 0 Å². The maximum absolute atomic E-state index is 13.5. The van der Waals surface area contributed by atoms with E-state index < -0.39 is 0 Å². The molecule has 0 N–H and O–H groups in total. The quantitative estimate of drug-likeness (QED) is 0.722. The first-order chi connectivity index (χ1) is 8.16. The third-order valence-corrected chi connectivity index (χ3v) is 3.27. The lowest BCUT2D eigenvalue weighted by molar-refractivity contribution is 0.300. The molecule has 0 heterocycles. The molecule has 0 spiro atoms. The molecule has 0 aliphatic heterocycles. The number of halogens is 3. The number of hydrogen-bond acceptors (Lipinski definition) is 1. The van der Waals surface area contributed by atoms with E-state index in [-0.39, 0.29) is 12.4 Å². The van der Waals surface area contributed by atoms with Gasteiger partial charge in [0.1, 0.15) is 18.2 Å². The van der Waals surface area contributed by atoms with Gasteiger partial charge in [0.05, 0.1) is 5.02 Å². The summed E-state index contributed by atoms with van der Waals surface area (Å²) in [6.45, 7) is 0.131. The summed E-state index contributed by atoms with van der Waals surface area (Å²) in [6, 6.07) is 12.2. The van der Waals surface area contributed by atoms with Crippen molar-refractivity contribution in [2.24, 2.45) is 0 Å². The Labute approximate surface area is 118 Å².